The van der Waals surface area contributed by atoms with Gasteiger partial charge in [0.25, 0.3) is 0 Å². The number of imidazole rings is 1. The Morgan fingerprint density at radius 3 is 2.71 bits per heavy atom. The van der Waals surface area contributed by atoms with Crippen molar-refractivity contribution in [3.05, 3.63) is 72.1 Å². The Kier molecular flexibility index (Phi) is 7.33. The van der Waals surface area contributed by atoms with Crippen LogP contribution < -0.4 is 5.32 Å². The first-order valence-corrected chi connectivity index (χ1v) is 11.0. The smallest absolute Gasteiger partial charge is 0.194 e. The highest BCUT2D eigenvalue weighted by Gasteiger charge is 2.20. The summed E-state index contributed by atoms with van der Waals surface area (Å²) in [4.78, 5) is 14.2. The molecule has 0 spiro atoms. The summed E-state index contributed by atoms with van der Waals surface area (Å²) in [5.41, 5.74) is 2.32. The number of hydrogen-bond acceptors (Lipinski definition) is 5. The normalized spacial score (nSPS) is 15.4. The Labute approximate surface area is 183 Å². The highest BCUT2D eigenvalue weighted by atomic mass is 16.5. The summed E-state index contributed by atoms with van der Waals surface area (Å²) in [5.74, 6) is 1.96. The van der Waals surface area contributed by atoms with Crippen molar-refractivity contribution in [1.29, 1.82) is 0 Å². The number of piperazine rings is 1. The van der Waals surface area contributed by atoms with Crippen LogP contribution >= 0.6 is 0 Å². The van der Waals surface area contributed by atoms with Gasteiger partial charge in [-0.05, 0) is 18.9 Å². The lowest BCUT2D eigenvalue weighted by Gasteiger charge is -2.36. The number of benzene rings is 1. The molecule has 4 rings (SSSR count). The summed E-state index contributed by atoms with van der Waals surface area (Å²) < 4.78 is 7.15. The molecule has 1 aromatic carbocycles. The van der Waals surface area contributed by atoms with Gasteiger partial charge in [-0.2, -0.15) is 0 Å². The largest absolute Gasteiger partial charge is 0.364 e. The Bertz CT molecular complexity index is 928. The second kappa shape index (κ2) is 10.8. The molecule has 0 radical (unpaired) electrons. The predicted molar refractivity (Wildman–Crippen MR) is 121 cm³/mol. The van der Waals surface area contributed by atoms with Gasteiger partial charge >= 0.3 is 0 Å². The molecule has 1 aliphatic rings. The standard InChI is InChI=1S/C23H31N7O/c1-2-24-23(30-15-13-28(14-16-30)19-21-9-17-31-27-21)26-18-22-25-10-12-29(22)11-8-20-6-4-3-5-7-20/h3-7,9-10,12,17H,2,8,11,13-16,18-19H2,1H3,(H,24,26). The van der Waals surface area contributed by atoms with Gasteiger partial charge in [-0.25, -0.2) is 9.98 Å². The van der Waals surface area contributed by atoms with Crippen molar-refractivity contribution in [3.8, 4) is 0 Å². The SMILES string of the molecule is CCNC(=NCc1nccn1CCc1ccccc1)N1CCN(Cc2ccon2)CC1. The molecule has 8 heteroatoms. The zero-order valence-electron chi connectivity index (χ0n) is 18.2. The van der Waals surface area contributed by atoms with E-state index < -0.39 is 0 Å². The van der Waals surface area contributed by atoms with Gasteiger partial charge in [-0.15, -0.1) is 0 Å². The molecule has 0 unspecified atom stereocenters. The average Bonchev–Trinajstić information content (AvgIpc) is 3.48. The Balaban J connectivity index is 1.33. The van der Waals surface area contributed by atoms with Crippen LogP contribution in [0.3, 0.4) is 0 Å². The number of hydrogen-bond donors (Lipinski definition) is 1. The fraction of sp³-hybridized carbons (Fsp3) is 0.435. The lowest BCUT2D eigenvalue weighted by Crippen LogP contribution is -2.52. The van der Waals surface area contributed by atoms with Crippen LogP contribution in [0.2, 0.25) is 0 Å². The van der Waals surface area contributed by atoms with E-state index in [2.05, 4.69) is 67.1 Å². The molecule has 0 amide bonds. The second-order valence-electron chi connectivity index (χ2n) is 7.70. The lowest BCUT2D eigenvalue weighted by molar-refractivity contribution is 0.169. The molecule has 3 heterocycles. The predicted octanol–water partition coefficient (Wildman–Crippen LogP) is 2.40. The van der Waals surface area contributed by atoms with E-state index in [9.17, 15) is 0 Å². The van der Waals surface area contributed by atoms with Gasteiger partial charge in [0.1, 0.15) is 18.6 Å². The van der Waals surface area contributed by atoms with E-state index in [4.69, 9.17) is 9.52 Å². The fourth-order valence-electron chi connectivity index (χ4n) is 3.83. The third-order valence-corrected chi connectivity index (χ3v) is 5.54. The number of guanidine groups is 1. The number of nitrogens with zero attached hydrogens (tertiary/aromatic N) is 6. The van der Waals surface area contributed by atoms with Crippen molar-refractivity contribution < 1.29 is 4.52 Å². The maximum atomic E-state index is 4.94. The first kappa shape index (κ1) is 21.1. The minimum Gasteiger partial charge on any atom is -0.364 e. The van der Waals surface area contributed by atoms with Crippen LogP contribution in [0, 0.1) is 0 Å². The molecular weight excluding hydrogens is 390 g/mol. The summed E-state index contributed by atoms with van der Waals surface area (Å²) in [5, 5.41) is 7.46. The number of rotatable bonds is 8. The van der Waals surface area contributed by atoms with Gasteiger partial charge in [0, 0.05) is 64.3 Å². The van der Waals surface area contributed by atoms with Crippen molar-refractivity contribution >= 4 is 5.96 Å². The monoisotopic (exact) mass is 421 g/mol. The number of nitrogens with one attached hydrogen (secondary N) is 1. The van der Waals surface area contributed by atoms with Gasteiger partial charge in [-0.3, -0.25) is 4.90 Å². The highest BCUT2D eigenvalue weighted by Crippen LogP contribution is 2.09. The molecule has 1 aliphatic heterocycles. The van der Waals surface area contributed by atoms with E-state index in [0.29, 0.717) is 6.54 Å². The van der Waals surface area contributed by atoms with Gasteiger partial charge < -0.3 is 19.3 Å². The minimum atomic E-state index is 0.573. The van der Waals surface area contributed by atoms with E-state index in [0.717, 1.165) is 69.7 Å². The molecular formula is C23H31N7O. The van der Waals surface area contributed by atoms with E-state index in [-0.39, 0.29) is 0 Å². The second-order valence-corrected chi connectivity index (χ2v) is 7.70. The number of aliphatic imine (C=N–C) groups is 1. The first-order chi connectivity index (χ1) is 15.3. The third-order valence-electron chi connectivity index (χ3n) is 5.54. The molecule has 1 fully saturated rings. The average molecular weight is 422 g/mol. The molecule has 0 saturated carbocycles. The van der Waals surface area contributed by atoms with Crippen molar-refractivity contribution in [3.63, 3.8) is 0 Å². The topological polar surface area (TPSA) is 74.7 Å². The van der Waals surface area contributed by atoms with Crippen LogP contribution in [-0.4, -0.2) is 63.2 Å². The van der Waals surface area contributed by atoms with Crippen LogP contribution in [0.5, 0.6) is 0 Å². The van der Waals surface area contributed by atoms with Crippen LogP contribution in [-0.2, 0) is 26.1 Å². The Morgan fingerprint density at radius 2 is 1.97 bits per heavy atom. The summed E-state index contributed by atoms with van der Waals surface area (Å²) >= 11 is 0. The van der Waals surface area contributed by atoms with Crippen LogP contribution in [0.4, 0.5) is 0 Å². The van der Waals surface area contributed by atoms with Crippen LogP contribution in [0.25, 0.3) is 0 Å². The number of aryl methyl sites for hydroxylation is 2. The first-order valence-electron chi connectivity index (χ1n) is 11.0. The molecule has 3 aromatic rings. The quantitative estimate of drug-likeness (QED) is 0.445. The molecule has 164 valence electrons. The summed E-state index contributed by atoms with van der Waals surface area (Å²) in [6.07, 6.45) is 6.53. The molecule has 0 atom stereocenters. The molecule has 0 aliphatic carbocycles. The maximum absolute atomic E-state index is 4.94. The van der Waals surface area contributed by atoms with Crippen molar-refractivity contribution in [2.45, 2.75) is 33.0 Å². The van der Waals surface area contributed by atoms with Gasteiger partial charge in [0.15, 0.2) is 5.96 Å². The summed E-state index contributed by atoms with van der Waals surface area (Å²) in [7, 11) is 0. The summed E-state index contributed by atoms with van der Waals surface area (Å²) in [6.45, 7) is 9.09. The molecule has 2 aromatic heterocycles. The molecule has 0 bridgehead atoms. The fourth-order valence-corrected chi connectivity index (χ4v) is 3.83. The van der Waals surface area contributed by atoms with Crippen molar-refractivity contribution in [1.82, 2.24) is 29.8 Å². The molecule has 31 heavy (non-hydrogen) atoms. The van der Waals surface area contributed by atoms with Gasteiger partial charge in [0.2, 0.25) is 0 Å². The maximum Gasteiger partial charge on any atom is 0.194 e. The van der Waals surface area contributed by atoms with E-state index >= 15 is 0 Å². The van der Waals surface area contributed by atoms with E-state index in [1.165, 1.54) is 5.56 Å². The Hall–Kier alpha value is -3.13. The van der Waals surface area contributed by atoms with Gasteiger partial charge in [0.05, 0.1) is 5.69 Å². The summed E-state index contributed by atoms with van der Waals surface area (Å²) in [6, 6.07) is 12.5. The molecule has 1 saturated heterocycles. The van der Waals surface area contributed by atoms with Crippen LogP contribution in [0.1, 0.15) is 24.0 Å². The lowest BCUT2D eigenvalue weighted by atomic mass is 10.1. The molecule has 8 nitrogen and oxygen atoms in total. The Morgan fingerprint density at radius 1 is 1.13 bits per heavy atom. The molecule has 1 N–H and O–H groups in total. The van der Waals surface area contributed by atoms with E-state index in [1.807, 2.05) is 18.5 Å². The highest BCUT2D eigenvalue weighted by molar-refractivity contribution is 5.80. The zero-order chi connectivity index (χ0) is 21.3. The van der Waals surface area contributed by atoms with Gasteiger partial charge in [-0.1, -0.05) is 35.5 Å². The van der Waals surface area contributed by atoms with Crippen LogP contribution in [0.15, 0.2) is 64.6 Å². The third kappa shape index (κ3) is 5.95. The van der Waals surface area contributed by atoms with Crippen molar-refractivity contribution in [2.24, 2.45) is 4.99 Å². The van der Waals surface area contributed by atoms with E-state index in [1.54, 1.807) is 6.26 Å². The van der Waals surface area contributed by atoms with Crippen molar-refractivity contribution in [2.75, 3.05) is 32.7 Å². The zero-order valence-corrected chi connectivity index (χ0v) is 18.2. The number of aromatic nitrogens is 3. The minimum absolute atomic E-state index is 0.573.